The number of amides is 2. The molecule has 9 heteroatoms. The molecule has 2 atom stereocenters. The summed E-state index contributed by atoms with van der Waals surface area (Å²) >= 11 is 26.6. The lowest BCUT2D eigenvalue weighted by molar-refractivity contribution is -0.139. The van der Waals surface area contributed by atoms with E-state index in [1.165, 1.54) is 11.8 Å². The number of carbonyl (C=O) groups excluding carboxylic acids is 2. The second-order valence-electron chi connectivity index (χ2n) is 8.99. The van der Waals surface area contributed by atoms with E-state index in [0.29, 0.717) is 37.8 Å². The highest BCUT2D eigenvalue weighted by Crippen LogP contribution is 2.28. The van der Waals surface area contributed by atoms with Crippen molar-refractivity contribution < 1.29 is 9.59 Å². The smallest absolute Gasteiger partial charge is 0.243 e. The van der Waals surface area contributed by atoms with E-state index in [9.17, 15) is 9.59 Å². The Morgan fingerprint density at radius 1 is 0.868 bits per heavy atom. The molecular formula is C29H30Cl4N2O2S. The maximum atomic E-state index is 13.8. The molecule has 0 aliphatic carbocycles. The molecule has 0 saturated carbocycles. The lowest BCUT2D eigenvalue weighted by Crippen LogP contribution is -2.52. The zero-order valence-electron chi connectivity index (χ0n) is 21.2. The van der Waals surface area contributed by atoms with Crippen LogP contribution in [0.3, 0.4) is 0 Å². The van der Waals surface area contributed by atoms with Crippen LogP contribution in [0.1, 0.15) is 37.0 Å². The zero-order valence-corrected chi connectivity index (χ0v) is 25.1. The summed E-state index contributed by atoms with van der Waals surface area (Å²) in [5.41, 5.74) is 2.50. The van der Waals surface area contributed by atoms with Gasteiger partial charge in [-0.3, -0.25) is 9.59 Å². The van der Waals surface area contributed by atoms with Gasteiger partial charge in [-0.2, -0.15) is 0 Å². The number of nitrogens with zero attached hydrogens (tertiary/aromatic N) is 1. The van der Waals surface area contributed by atoms with Crippen LogP contribution in [0.15, 0.2) is 66.7 Å². The van der Waals surface area contributed by atoms with Crippen molar-refractivity contribution in [2.24, 2.45) is 0 Å². The van der Waals surface area contributed by atoms with Crippen LogP contribution in [0.5, 0.6) is 0 Å². The van der Waals surface area contributed by atoms with Gasteiger partial charge in [-0.15, -0.1) is 11.8 Å². The van der Waals surface area contributed by atoms with Crippen molar-refractivity contribution >= 4 is 70.0 Å². The van der Waals surface area contributed by atoms with Gasteiger partial charge in [0.05, 0.1) is 15.8 Å². The number of hydrogen-bond acceptors (Lipinski definition) is 3. The van der Waals surface area contributed by atoms with E-state index >= 15 is 0 Å². The maximum Gasteiger partial charge on any atom is 0.243 e. The molecule has 0 spiro atoms. The van der Waals surface area contributed by atoms with E-state index < -0.39 is 6.04 Å². The molecule has 0 aliphatic heterocycles. The Balaban J connectivity index is 1.90. The number of thioether (sulfide) groups is 1. The predicted molar refractivity (Wildman–Crippen MR) is 161 cm³/mol. The Morgan fingerprint density at radius 2 is 1.55 bits per heavy atom. The van der Waals surface area contributed by atoms with Gasteiger partial charge in [-0.25, -0.2) is 0 Å². The van der Waals surface area contributed by atoms with Crippen LogP contribution in [-0.4, -0.2) is 34.6 Å². The fraction of sp³-hybridized carbons (Fsp3) is 0.310. The summed E-state index contributed by atoms with van der Waals surface area (Å²) < 4.78 is 0. The summed E-state index contributed by atoms with van der Waals surface area (Å²) in [6.45, 7) is 4.06. The number of carbonyl (C=O) groups is 2. The minimum Gasteiger partial charge on any atom is -0.352 e. The van der Waals surface area contributed by atoms with Crippen LogP contribution in [0.25, 0.3) is 0 Å². The number of nitrogens with one attached hydrogen (secondary N) is 1. The van der Waals surface area contributed by atoms with Gasteiger partial charge < -0.3 is 10.2 Å². The molecule has 202 valence electrons. The molecule has 1 N–H and O–H groups in total. The highest BCUT2D eigenvalue weighted by molar-refractivity contribution is 7.99. The fourth-order valence-corrected chi connectivity index (χ4v) is 5.51. The first-order valence-corrected chi connectivity index (χ1v) is 14.9. The standard InChI is InChI=1S/C29H30Cl4N2O2S/c1-3-19(2)34-29(37)27(15-20-8-5-4-6-9-20)35(16-22-23(30)10-7-11-24(22)31)28(36)18-38-17-21-12-13-25(32)26(33)14-21/h4-14,19,27H,3,15-18H2,1-2H3,(H,34,37)/t19-,27-/m0/s1. The van der Waals surface area contributed by atoms with E-state index in [0.717, 1.165) is 17.5 Å². The molecule has 0 radical (unpaired) electrons. The lowest BCUT2D eigenvalue weighted by atomic mass is 10.0. The molecule has 0 fully saturated rings. The van der Waals surface area contributed by atoms with Gasteiger partial charge in [0, 0.05) is 40.4 Å². The Kier molecular flexibility index (Phi) is 12.1. The number of halogens is 4. The Morgan fingerprint density at radius 3 is 2.18 bits per heavy atom. The molecule has 0 saturated heterocycles. The first kappa shape index (κ1) is 30.6. The van der Waals surface area contributed by atoms with Crippen LogP contribution in [0.2, 0.25) is 20.1 Å². The van der Waals surface area contributed by atoms with E-state index in [4.69, 9.17) is 46.4 Å². The molecule has 0 heterocycles. The minimum atomic E-state index is -0.753. The normalized spacial score (nSPS) is 12.6. The van der Waals surface area contributed by atoms with Crippen LogP contribution in [-0.2, 0) is 28.3 Å². The fourth-order valence-electron chi connectivity index (χ4n) is 3.82. The average Bonchev–Trinajstić information content (AvgIpc) is 2.90. The molecule has 0 bridgehead atoms. The van der Waals surface area contributed by atoms with Crippen molar-refractivity contribution in [3.63, 3.8) is 0 Å². The third-order valence-electron chi connectivity index (χ3n) is 6.14. The van der Waals surface area contributed by atoms with E-state index in [-0.39, 0.29) is 30.2 Å². The van der Waals surface area contributed by atoms with Gasteiger partial charge in [-0.1, -0.05) is 95.8 Å². The number of hydrogen-bond donors (Lipinski definition) is 1. The van der Waals surface area contributed by atoms with Crippen molar-refractivity contribution in [3.8, 4) is 0 Å². The van der Waals surface area contributed by atoms with Crippen LogP contribution in [0.4, 0.5) is 0 Å². The Bertz CT molecular complexity index is 1220. The van der Waals surface area contributed by atoms with Gasteiger partial charge >= 0.3 is 0 Å². The molecule has 38 heavy (non-hydrogen) atoms. The summed E-state index contributed by atoms with van der Waals surface area (Å²) in [4.78, 5) is 28.9. The number of rotatable bonds is 12. The van der Waals surface area contributed by atoms with Gasteiger partial charge in [0.1, 0.15) is 6.04 Å². The molecule has 4 nitrogen and oxygen atoms in total. The largest absolute Gasteiger partial charge is 0.352 e. The average molecular weight is 612 g/mol. The number of benzene rings is 3. The van der Waals surface area contributed by atoms with E-state index in [2.05, 4.69) is 5.32 Å². The first-order valence-electron chi connectivity index (χ1n) is 12.3. The molecule has 0 aromatic heterocycles. The summed E-state index contributed by atoms with van der Waals surface area (Å²) in [7, 11) is 0. The Hall–Kier alpha value is -1.89. The second-order valence-corrected chi connectivity index (χ2v) is 11.6. The maximum absolute atomic E-state index is 13.8. The molecule has 0 unspecified atom stereocenters. The van der Waals surface area contributed by atoms with Gasteiger partial charge in [0.15, 0.2) is 0 Å². The summed E-state index contributed by atoms with van der Waals surface area (Å²) in [5, 5.41) is 4.90. The minimum absolute atomic E-state index is 0.0364. The summed E-state index contributed by atoms with van der Waals surface area (Å²) in [6.07, 6.45) is 1.13. The van der Waals surface area contributed by atoms with Gasteiger partial charge in [0.2, 0.25) is 11.8 Å². The Labute approximate surface area is 249 Å². The van der Waals surface area contributed by atoms with Gasteiger partial charge in [0.25, 0.3) is 0 Å². The quantitative estimate of drug-likeness (QED) is 0.225. The van der Waals surface area contributed by atoms with Crippen molar-refractivity contribution in [2.75, 3.05) is 5.75 Å². The second kappa shape index (κ2) is 15.0. The highest BCUT2D eigenvalue weighted by atomic mass is 35.5. The van der Waals surface area contributed by atoms with Crippen molar-refractivity contribution in [1.29, 1.82) is 0 Å². The van der Waals surface area contributed by atoms with E-state index in [1.54, 1.807) is 35.2 Å². The predicted octanol–water partition coefficient (Wildman–Crippen LogP) is 8.09. The third-order valence-corrected chi connectivity index (χ3v) is 8.58. The van der Waals surface area contributed by atoms with Gasteiger partial charge in [-0.05, 0) is 48.7 Å². The van der Waals surface area contributed by atoms with Crippen molar-refractivity contribution in [3.05, 3.63) is 104 Å². The molecule has 2 amide bonds. The first-order chi connectivity index (χ1) is 18.2. The van der Waals surface area contributed by atoms with Crippen LogP contribution in [0, 0.1) is 0 Å². The van der Waals surface area contributed by atoms with Crippen LogP contribution >= 0.6 is 58.2 Å². The van der Waals surface area contributed by atoms with Crippen molar-refractivity contribution in [2.45, 2.75) is 51.1 Å². The zero-order chi connectivity index (χ0) is 27.7. The van der Waals surface area contributed by atoms with Crippen LogP contribution < -0.4 is 5.32 Å². The monoisotopic (exact) mass is 610 g/mol. The topological polar surface area (TPSA) is 49.4 Å². The molecule has 3 aromatic carbocycles. The highest BCUT2D eigenvalue weighted by Gasteiger charge is 2.31. The SMILES string of the molecule is CC[C@H](C)NC(=O)[C@H](Cc1ccccc1)N(Cc1c(Cl)cccc1Cl)C(=O)CSCc1ccc(Cl)c(Cl)c1. The third kappa shape index (κ3) is 8.82. The van der Waals surface area contributed by atoms with Crippen molar-refractivity contribution in [1.82, 2.24) is 10.2 Å². The van der Waals surface area contributed by atoms with E-state index in [1.807, 2.05) is 50.2 Å². The molecule has 3 aromatic rings. The summed E-state index contributed by atoms with van der Waals surface area (Å²) in [6, 6.07) is 19.5. The summed E-state index contributed by atoms with van der Waals surface area (Å²) in [5.74, 6) is 0.316. The molecule has 0 aliphatic rings. The molecule has 3 rings (SSSR count). The lowest BCUT2D eigenvalue weighted by Gasteiger charge is -2.32. The molecular weight excluding hydrogens is 582 g/mol.